The average Bonchev–Trinajstić information content (AvgIpc) is 3.41. The zero-order valence-electron chi connectivity index (χ0n) is 25.9. The lowest BCUT2D eigenvalue weighted by molar-refractivity contribution is 0.0709. The maximum atomic E-state index is 14.6. The third-order valence-electron chi connectivity index (χ3n) is 8.06. The Kier molecular flexibility index (Phi) is 11.5. The molecule has 0 saturated carbocycles. The number of hydrogen-bond acceptors (Lipinski definition) is 3. The number of rotatable bonds is 10. The van der Waals surface area contributed by atoms with E-state index >= 15 is 0 Å². The topological polar surface area (TPSA) is 50.5 Å². The van der Waals surface area contributed by atoms with Gasteiger partial charge in [0, 0.05) is 46.8 Å². The molecule has 2 aromatic carbocycles. The summed E-state index contributed by atoms with van der Waals surface area (Å²) in [5.41, 5.74) is 6.04. The van der Waals surface area contributed by atoms with Crippen molar-refractivity contribution in [2.24, 2.45) is 4.99 Å². The second-order valence-corrected chi connectivity index (χ2v) is 12.1. The lowest BCUT2D eigenvalue weighted by Crippen LogP contribution is -2.38. The van der Waals surface area contributed by atoms with Gasteiger partial charge in [0.25, 0.3) is 5.91 Å². The van der Waals surface area contributed by atoms with Crippen molar-refractivity contribution in [3.8, 4) is 0 Å². The van der Waals surface area contributed by atoms with Crippen molar-refractivity contribution in [1.29, 1.82) is 0 Å². The van der Waals surface area contributed by atoms with Crippen LogP contribution in [-0.4, -0.2) is 45.2 Å². The van der Waals surface area contributed by atoms with E-state index in [1.54, 1.807) is 4.57 Å². The summed E-state index contributed by atoms with van der Waals surface area (Å²) < 4.78 is 16.3. The zero-order chi connectivity index (χ0) is 31.1. The number of alkyl halides is 1. The highest BCUT2D eigenvalue weighted by atomic mass is 35.5. The van der Waals surface area contributed by atoms with E-state index in [1.165, 1.54) is 0 Å². The first-order valence-corrected chi connectivity index (χ1v) is 16.3. The Hall–Kier alpha value is -3.08. The number of amides is 1. The van der Waals surface area contributed by atoms with Gasteiger partial charge in [-0.05, 0) is 82.4 Å². The van der Waals surface area contributed by atoms with Crippen LogP contribution in [0.3, 0.4) is 0 Å². The fourth-order valence-electron chi connectivity index (χ4n) is 5.48. The summed E-state index contributed by atoms with van der Waals surface area (Å²) in [5.74, 6) is 0.849. The minimum Gasteiger partial charge on any atom is -0.339 e. The molecule has 0 N–H and O–H groups in total. The van der Waals surface area contributed by atoms with Gasteiger partial charge < -0.3 is 4.90 Å². The van der Waals surface area contributed by atoms with Gasteiger partial charge in [-0.3, -0.25) is 14.4 Å². The standard InChI is InChI=1S/C35H43ClFN4OP/c1-6-9-12-26(22-28(36)8-3)32(38-24(5)7-2)29-16-15-27(21-23(29)4)34(42)40-19-17-25(18-20-40)33-39-30-13-10-11-14-31(30)41(33)35(37)43/h8-16,21-22,24-25,35H,6-7,17-20,43H2,1-5H3/b12-9-,26-22+,28-8+,38-32?. The first-order valence-electron chi connectivity index (χ1n) is 15.2. The van der Waals surface area contributed by atoms with Crippen LogP contribution in [0.1, 0.15) is 92.6 Å². The highest BCUT2D eigenvalue weighted by Gasteiger charge is 2.29. The van der Waals surface area contributed by atoms with Gasteiger partial charge in [-0.25, -0.2) is 9.37 Å². The third-order valence-corrected chi connectivity index (χ3v) is 8.69. The molecular formula is C35H43ClFN4OP. The molecule has 0 bridgehead atoms. The smallest absolute Gasteiger partial charge is 0.253 e. The summed E-state index contributed by atoms with van der Waals surface area (Å²) in [4.78, 5) is 25.4. The molecule has 3 atom stereocenters. The molecule has 3 unspecified atom stereocenters. The molecule has 3 aromatic rings. The van der Waals surface area contributed by atoms with Crippen LogP contribution in [0.15, 0.2) is 82.4 Å². The van der Waals surface area contributed by atoms with Gasteiger partial charge in [0.05, 0.1) is 16.7 Å². The lowest BCUT2D eigenvalue weighted by atomic mass is 9.93. The van der Waals surface area contributed by atoms with Crippen LogP contribution in [0, 0.1) is 6.92 Å². The van der Waals surface area contributed by atoms with Crippen LogP contribution in [0.25, 0.3) is 11.0 Å². The van der Waals surface area contributed by atoms with Crippen molar-refractivity contribution in [3.63, 3.8) is 0 Å². The molecule has 1 fully saturated rings. The second-order valence-electron chi connectivity index (χ2n) is 11.1. The largest absolute Gasteiger partial charge is 0.339 e. The number of aryl methyl sites for hydroxylation is 1. The molecule has 2 heterocycles. The Balaban J connectivity index is 1.57. The Labute approximate surface area is 262 Å². The van der Waals surface area contributed by atoms with E-state index in [0.717, 1.165) is 65.0 Å². The molecule has 0 aliphatic carbocycles. The number of allylic oxidation sites excluding steroid dienone is 6. The number of para-hydroxylation sites is 2. The number of benzene rings is 2. The molecular weight excluding hydrogens is 578 g/mol. The summed E-state index contributed by atoms with van der Waals surface area (Å²) in [7, 11) is 2.24. The summed E-state index contributed by atoms with van der Waals surface area (Å²) in [6.07, 6.45) is 11.3. The number of piperidine rings is 1. The number of carbonyl (C=O) groups is 1. The Morgan fingerprint density at radius 3 is 2.56 bits per heavy atom. The number of nitrogens with zero attached hydrogens (tertiary/aromatic N) is 4. The predicted molar refractivity (Wildman–Crippen MR) is 182 cm³/mol. The third kappa shape index (κ3) is 7.72. The average molecular weight is 621 g/mol. The van der Waals surface area contributed by atoms with Crippen LogP contribution in [0.4, 0.5) is 4.39 Å². The van der Waals surface area contributed by atoms with Crippen LogP contribution in [0.2, 0.25) is 0 Å². The van der Waals surface area contributed by atoms with E-state index in [4.69, 9.17) is 21.6 Å². The molecule has 228 valence electrons. The normalized spacial score (nSPS) is 17.2. The number of hydrogen-bond donors (Lipinski definition) is 0. The molecule has 8 heteroatoms. The van der Waals surface area contributed by atoms with E-state index < -0.39 is 6.04 Å². The minimum atomic E-state index is -1.25. The lowest BCUT2D eigenvalue weighted by Gasteiger charge is -2.32. The molecule has 4 rings (SSSR count). The van der Waals surface area contributed by atoms with Crippen molar-refractivity contribution in [3.05, 3.63) is 99.9 Å². The van der Waals surface area contributed by atoms with Gasteiger partial charge in [0.2, 0.25) is 0 Å². The number of halogens is 2. The van der Waals surface area contributed by atoms with E-state index in [-0.39, 0.29) is 17.9 Å². The van der Waals surface area contributed by atoms with Crippen molar-refractivity contribution in [2.75, 3.05) is 13.1 Å². The molecule has 5 nitrogen and oxygen atoms in total. The van der Waals surface area contributed by atoms with Crippen molar-refractivity contribution < 1.29 is 9.18 Å². The van der Waals surface area contributed by atoms with Gasteiger partial charge in [0.15, 0.2) is 6.04 Å². The first kappa shape index (κ1) is 32.8. The zero-order valence-corrected chi connectivity index (χ0v) is 27.8. The van der Waals surface area contributed by atoms with Gasteiger partial charge in [-0.1, -0.05) is 71.1 Å². The van der Waals surface area contributed by atoms with Crippen LogP contribution >= 0.6 is 20.8 Å². The predicted octanol–water partition coefficient (Wildman–Crippen LogP) is 9.29. The fraction of sp³-hybridized carbons (Fsp3) is 0.400. The Morgan fingerprint density at radius 1 is 1.21 bits per heavy atom. The molecule has 1 saturated heterocycles. The van der Waals surface area contributed by atoms with Crippen molar-refractivity contribution >= 4 is 43.5 Å². The summed E-state index contributed by atoms with van der Waals surface area (Å²) in [6, 6.07) is 12.4. The molecule has 1 aliphatic rings. The minimum absolute atomic E-state index is 0.00929. The maximum Gasteiger partial charge on any atom is 0.253 e. The summed E-state index contributed by atoms with van der Waals surface area (Å²) in [5, 5.41) is 0.649. The number of aliphatic imine (C=N–C) groups is 1. The second kappa shape index (κ2) is 15.1. The fourth-order valence-corrected chi connectivity index (χ4v) is 5.91. The highest BCUT2D eigenvalue weighted by Crippen LogP contribution is 2.35. The van der Waals surface area contributed by atoms with E-state index in [9.17, 15) is 9.18 Å². The number of likely N-dealkylation sites (tertiary alicyclic amines) is 1. The molecule has 43 heavy (non-hydrogen) atoms. The molecule has 1 aromatic heterocycles. The van der Waals surface area contributed by atoms with Crippen molar-refractivity contribution in [2.45, 2.75) is 78.3 Å². The first-order chi connectivity index (χ1) is 20.7. The number of fused-ring (bicyclic) bond motifs is 1. The van der Waals surface area contributed by atoms with Crippen molar-refractivity contribution in [1.82, 2.24) is 14.5 Å². The van der Waals surface area contributed by atoms with Crippen LogP contribution < -0.4 is 0 Å². The molecule has 0 spiro atoms. The number of carbonyl (C=O) groups excluding carboxylic acids is 1. The monoisotopic (exact) mass is 620 g/mol. The molecule has 1 amide bonds. The van der Waals surface area contributed by atoms with Crippen LogP contribution in [0.5, 0.6) is 0 Å². The number of aromatic nitrogens is 2. The Morgan fingerprint density at radius 2 is 1.93 bits per heavy atom. The molecule has 0 radical (unpaired) electrons. The van der Waals surface area contributed by atoms with Crippen LogP contribution in [-0.2, 0) is 0 Å². The SMILES string of the molecule is C\C=C(Cl)/C=C(\C=C/CC)C(=NC(C)CC)c1ccc(C(=O)N2CCC(c3nc4ccccc4n3C(F)P)CC2)cc1C. The maximum absolute atomic E-state index is 14.6. The van der Waals surface area contributed by atoms with Gasteiger partial charge in [-0.15, -0.1) is 0 Å². The van der Waals surface area contributed by atoms with Gasteiger partial charge >= 0.3 is 0 Å². The number of imidazole rings is 1. The van der Waals surface area contributed by atoms with E-state index in [0.29, 0.717) is 23.7 Å². The van der Waals surface area contributed by atoms with Gasteiger partial charge in [0.1, 0.15) is 5.82 Å². The highest BCUT2D eigenvalue weighted by molar-refractivity contribution is 7.16. The van der Waals surface area contributed by atoms with E-state index in [2.05, 4.69) is 42.2 Å². The Bertz CT molecular complexity index is 1560. The van der Waals surface area contributed by atoms with Gasteiger partial charge in [-0.2, -0.15) is 0 Å². The van der Waals surface area contributed by atoms with E-state index in [1.807, 2.05) is 73.4 Å². The summed E-state index contributed by atoms with van der Waals surface area (Å²) >= 11 is 6.45. The molecule has 1 aliphatic heterocycles. The quantitative estimate of drug-likeness (QED) is 0.129. The summed E-state index contributed by atoms with van der Waals surface area (Å²) in [6.45, 7) is 11.5.